The van der Waals surface area contributed by atoms with E-state index in [0.29, 0.717) is 42.6 Å². The number of hydrogen-bond donors (Lipinski definition) is 1. The van der Waals surface area contributed by atoms with Crippen LogP contribution in [-0.2, 0) is 11.3 Å². The number of benzene rings is 3. The van der Waals surface area contributed by atoms with Crippen molar-refractivity contribution in [1.82, 2.24) is 19.4 Å². The predicted molar refractivity (Wildman–Crippen MR) is 154 cm³/mol. The zero-order chi connectivity index (χ0) is 27.6. The third-order valence-corrected chi connectivity index (χ3v) is 8.27. The van der Waals surface area contributed by atoms with Gasteiger partial charge in [0.15, 0.2) is 0 Å². The fourth-order valence-corrected chi connectivity index (χ4v) is 5.94. The number of piperidine rings is 1. The number of fused-ring (bicyclic) bond motifs is 1. The fourth-order valence-electron chi connectivity index (χ4n) is 5.94. The minimum Gasteiger partial charge on any atom is -0.360 e. The molecule has 2 aromatic heterocycles. The van der Waals surface area contributed by atoms with Crippen LogP contribution in [0.4, 0.5) is 4.39 Å². The van der Waals surface area contributed by atoms with E-state index in [1.165, 1.54) is 17.8 Å². The molecule has 5 aromatic rings. The molecule has 1 saturated heterocycles. The Balaban J connectivity index is 1.22. The topological polar surface area (TPSA) is 71.0 Å². The second-order valence-corrected chi connectivity index (χ2v) is 10.6. The highest BCUT2D eigenvalue weighted by atomic mass is 19.1. The van der Waals surface area contributed by atoms with E-state index < -0.39 is 17.5 Å². The number of rotatable bonds is 7. The summed E-state index contributed by atoms with van der Waals surface area (Å²) in [5.74, 6) is -0.984. The van der Waals surface area contributed by atoms with Crippen molar-refractivity contribution >= 4 is 22.6 Å². The molecule has 6 nitrogen and oxygen atoms in total. The summed E-state index contributed by atoms with van der Waals surface area (Å²) in [5, 5.41) is 0.135. The maximum Gasteiger partial charge on any atom is 0.295 e. The van der Waals surface area contributed by atoms with Gasteiger partial charge in [-0.1, -0.05) is 67.6 Å². The predicted octanol–water partition coefficient (Wildman–Crippen LogP) is 6.44. The Morgan fingerprint density at radius 3 is 2.42 bits per heavy atom. The van der Waals surface area contributed by atoms with E-state index in [9.17, 15) is 9.59 Å². The lowest BCUT2D eigenvalue weighted by molar-refractivity contribution is -0.127. The molecule has 0 radical (unpaired) electrons. The number of H-pyrrole nitrogens is 1. The molecule has 7 heteroatoms. The average molecular weight is 535 g/mol. The van der Waals surface area contributed by atoms with Crippen molar-refractivity contribution in [2.24, 2.45) is 5.92 Å². The summed E-state index contributed by atoms with van der Waals surface area (Å²) in [7, 11) is 0. The molecule has 40 heavy (non-hydrogen) atoms. The second-order valence-electron chi connectivity index (χ2n) is 10.6. The van der Waals surface area contributed by atoms with Gasteiger partial charge in [0.05, 0.1) is 29.3 Å². The van der Waals surface area contributed by atoms with Gasteiger partial charge in [-0.25, -0.2) is 9.37 Å². The van der Waals surface area contributed by atoms with Crippen molar-refractivity contribution in [3.63, 3.8) is 0 Å². The Morgan fingerprint density at radius 2 is 1.70 bits per heavy atom. The molecule has 0 spiro atoms. The summed E-state index contributed by atoms with van der Waals surface area (Å²) >= 11 is 0. The quantitative estimate of drug-likeness (QED) is 0.193. The molecule has 0 bridgehead atoms. The van der Waals surface area contributed by atoms with Crippen molar-refractivity contribution < 1.29 is 14.0 Å². The Bertz CT molecular complexity index is 1650. The summed E-state index contributed by atoms with van der Waals surface area (Å²) in [6, 6.07) is 23.4. The number of aromatic amines is 1. The molecule has 0 saturated carbocycles. The summed E-state index contributed by atoms with van der Waals surface area (Å²) in [5.41, 5.74) is 4.44. The lowest BCUT2D eigenvalue weighted by atomic mass is 9.81. The largest absolute Gasteiger partial charge is 0.360 e. The standard InChI is InChI=1S/C33H31FN4O2/c1-22(24-10-6-3-7-11-24)25-14-16-37(17-15-25)33(40)32(39)27-18-36-31-26(12-13-28(34)30(27)31)29-19-35-21-38(29)20-23-8-4-2-5-9-23/h2-13,18-19,21-22,25,36H,14-17,20H2,1H3. The number of ketones is 1. The van der Waals surface area contributed by atoms with Gasteiger partial charge >= 0.3 is 0 Å². The minimum absolute atomic E-state index is 0.0632. The average Bonchev–Trinajstić information content (AvgIpc) is 3.66. The van der Waals surface area contributed by atoms with Gasteiger partial charge < -0.3 is 14.5 Å². The van der Waals surface area contributed by atoms with E-state index in [0.717, 1.165) is 24.1 Å². The molecule has 1 amide bonds. The Kier molecular flexibility index (Phi) is 7.03. The van der Waals surface area contributed by atoms with E-state index in [4.69, 9.17) is 0 Å². The number of nitrogens with zero attached hydrogens (tertiary/aromatic N) is 3. The Labute approximate surface area is 232 Å². The SMILES string of the molecule is CC(c1ccccc1)C1CCN(C(=O)C(=O)c2c[nH]c3c(-c4cncn4Cc4ccccc4)ccc(F)c23)CC1. The van der Waals surface area contributed by atoms with Crippen LogP contribution in [0, 0.1) is 11.7 Å². The number of imidazole rings is 1. The molecule has 6 rings (SSSR count). The Hall–Kier alpha value is -4.52. The van der Waals surface area contributed by atoms with Crippen molar-refractivity contribution in [1.29, 1.82) is 0 Å². The summed E-state index contributed by atoms with van der Waals surface area (Å²) in [6.07, 6.45) is 6.57. The number of aromatic nitrogens is 3. The van der Waals surface area contributed by atoms with Crippen molar-refractivity contribution in [2.75, 3.05) is 13.1 Å². The van der Waals surface area contributed by atoms with Crippen LogP contribution in [0.25, 0.3) is 22.2 Å². The maximum absolute atomic E-state index is 15.2. The van der Waals surface area contributed by atoms with Gasteiger partial charge in [0.25, 0.3) is 11.7 Å². The summed E-state index contributed by atoms with van der Waals surface area (Å²) < 4.78 is 17.2. The zero-order valence-corrected chi connectivity index (χ0v) is 22.4. The van der Waals surface area contributed by atoms with Crippen LogP contribution in [0.5, 0.6) is 0 Å². The Morgan fingerprint density at radius 1 is 1.00 bits per heavy atom. The van der Waals surface area contributed by atoms with E-state index in [1.54, 1.807) is 23.5 Å². The normalized spacial score (nSPS) is 14.9. The van der Waals surface area contributed by atoms with E-state index in [1.807, 2.05) is 53.1 Å². The number of nitrogens with one attached hydrogen (secondary N) is 1. The smallest absolute Gasteiger partial charge is 0.295 e. The van der Waals surface area contributed by atoms with Gasteiger partial charge in [0.2, 0.25) is 0 Å². The third kappa shape index (κ3) is 4.83. The summed E-state index contributed by atoms with van der Waals surface area (Å²) in [6.45, 7) is 3.85. The number of carbonyl (C=O) groups is 2. The van der Waals surface area contributed by atoms with Crippen LogP contribution in [0.1, 0.15) is 47.2 Å². The van der Waals surface area contributed by atoms with Crippen LogP contribution < -0.4 is 0 Å². The van der Waals surface area contributed by atoms with Crippen LogP contribution in [0.3, 0.4) is 0 Å². The molecule has 1 aliphatic heterocycles. The maximum atomic E-state index is 15.2. The molecule has 3 heterocycles. The molecule has 1 aliphatic rings. The van der Waals surface area contributed by atoms with Gasteiger partial charge in [0.1, 0.15) is 5.82 Å². The van der Waals surface area contributed by atoms with Crippen LogP contribution in [0.15, 0.2) is 91.5 Å². The van der Waals surface area contributed by atoms with Crippen molar-refractivity contribution in [3.05, 3.63) is 114 Å². The molecule has 3 aromatic carbocycles. The number of Topliss-reactive ketones (excluding diaryl/α,β-unsaturated/α-hetero) is 1. The van der Waals surface area contributed by atoms with E-state index in [2.05, 4.69) is 29.0 Å². The van der Waals surface area contributed by atoms with Crippen molar-refractivity contribution in [3.8, 4) is 11.3 Å². The number of amides is 1. The molecular formula is C33H31FN4O2. The highest BCUT2D eigenvalue weighted by Gasteiger charge is 2.32. The first-order valence-corrected chi connectivity index (χ1v) is 13.7. The fraction of sp³-hybridized carbons (Fsp3) is 0.242. The second kappa shape index (κ2) is 10.9. The number of carbonyl (C=O) groups excluding carboxylic acids is 2. The number of halogens is 1. The van der Waals surface area contributed by atoms with Crippen LogP contribution in [-0.4, -0.2) is 44.2 Å². The van der Waals surface area contributed by atoms with Crippen LogP contribution >= 0.6 is 0 Å². The number of likely N-dealkylation sites (tertiary alicyclic amines) is 1. The lowest BCUT2D eigenvalue weighted by Gasteiger charge is -2.34. The minimum atomic E-state index is -0.686. The first-order chi connectivity index (χ1) is 19.5. The monoisotopic (exact) mass is 534 g/mol. The van der Waals surface area contributed by atoms with Gasteiger partial charge in [-0.05, 0) is 47.9 Å². The van der Waals surface area contributed by atoms with Gasteiger partial charge in [0, 0.05) is 36.8 Å². The van der Waals surface area contributed by atoms with Gasteiger partial charge in [-0.2, -0.15) is 0 Å². The molecule has 1 fully saturated rings. The third-order valence-electron chi connectivity index (χ3n) is 8.27. The zero-order valence-electron chi connectivity index (χ0n) is 22.4. The first-order valence-electron chi connectivity index (χ1n) is 13.7. The lowest BCUT2D eigenvalue weighted by Crippen LogP contribution is -2.42. The summed E-state index contributed by atoms with van der Waals surface area (Å²) in [4.78, 5) is 35.7. The number of hydrogen-bond acceptors (Lipinski definition) is 3. The molecule has 1 atom stereocenters. The highest BCUT2D eigenvalue weighted by molar-refractivity contribution is 6.45. The highest BCUT2D eigenvalue weighted by Crippen LogP contribution is 2.34. The molecule has 1 unspecified atom stereocenters. The molecule has 1 N–H and O–H groups in total. The molecule has 0 aliphatic carbocycles. The van der Waals surface area contributed by atoms with Gasteiger partial charge in [-0.3, -0.25) is 9.59 Å². The van der Waals surface area contributed by atoms with Gasteiger partial charge in [-0.15, -0.1) is 0 Å². The van der Waals surface area contributed by atoms with E-state index in [-0.39, 0.29) is 10.9 Å². The van der Waals surface area contributed by atoms with Crippen LogP contribution in [0.2, 0.25) is 0 Å². The molecular weight excluding hydrogens is 503 g/mol. The molecule has 202 valence electrons. The van der Waals surface area contributed by atoms with Crippen molar-refractivity contribution in [2.45, 2.75) is 32.2 Å². The van der Waals surface area contributed by atoms with E-state index >= 15 is 4.39 Å². The first kappa shape index (κ1) is 25.7.